The summed E-state index contributed by atoms with van der Waals surface area (Å²) < 4.78 is 16.1. The van der Waals surface area contributed by atoms with Crippen molar-refractivity contribution in [1.82, 2.24) is 10.6 Å². The van der Waals surface area contributed by atoms with Crippen molar-refractivity contribution in [2.45, 2.75) is 39.8 Å². The van der Waals surface area contributed by atoms with Crippen LogP contribution >= 0.6 is 0 Å². The quantitative estimate of drug-likeness (QED) is 0.569. The molecule has 0 aromatic heterocycles. The number of nitrogens with zero attached hydrogens (tertiary/aromatic N) is 1. The van der Waals surface area contributed by atoms with E-state index in [-0.39, 0.29) is 0 Å². The molecule has 1 rings (SSSR count). The molecule has 1 aromatic rings. The average Bonchev–Trinajstić information content (AvgIpc) is 2.58. The Labute approximate surface area is 139 Å². The highest BCUT2D eigenvalue weighted by Gasteiger charge is 2.13. The molecule has 0 aliphatic carbocycles. The fraction of sp³-hybridized carbons (Fsp3) is 0.588. The summed E-state index contributed by atoms with van der Waals surface area (Å²) in [5.41, 5.74) is 0.987. The van der Waals surface area contributed by atoms with E-state index in [9.17, 15) is 0 Å². The lowest BCUT2D eigenvalue weighted by Crippen LogP contribution is -2.41. The van der Waals surface area contributed by atoms with Crippen LogP contribution in [0.1, 0.15) is 32.8 Å². The van der Waals surface area contributed by atoms with Crippen LogP contribution in [0.3, 0.4) is 0 Å². The Morgan fingerprint density at radius 3 is 2.13 bits per heavy atom. The highest BCUT2D eigenvalue weighted by molar-refractivity contribution is 5.80. The minimum Gasteiger partial charge on any atom is -0.493 e. The van der Waals surface area contributed by atoms with Crippen molar-refractivity contribution in [1.29, 1.82) is 0 Å². The van der Waals surface area contributed by atoms with Crippen molar-refractivity contribution in [3.8, 4) is 17.2 Å². The van der Waals surface area contributed by atoms with Crippen LogP contribution in [0, 0.1) is 0 Å². The van der Waals surface area contributed by atoms with Gasteiger partial charge in [0.2, 0.25) is 5.75 Å². The van der Waals surface area contributed by atoms with E-state index in [1.165, 1.54) is 0 Å². The summed E-state index contributed by atoms with van der Waals surface area (Å²) in [6.45, 7) is 7.65. The summed E-state index contributed by atoms with van der Waals surface area (Å²) in [5, 5.41) is 6.62. The minimum absolute atomic E-state index is 0.368. The molecular formula is C17H29N3O3. The van der Waals surface area contributed by atoms with Crippen LogP contribution in [0.15, 0.2) is 17.1 Å². The van der Waals surface area contributed by atoms with Gasteiger partial charge >= 0.3 is 0 Å². The molecule has 2 N–H and O–H groups in total. The molecule has 0 radical (unpaired) electrons. The summed E-state index contributed by atoms with van der Waals surface area (Å²) in [4.78, 5) is 4.62. The maximum Gasteiger partial charge on any atom is 0.203 e. The van der Waals surface area contributed by atoms with Gasteiger partial charge in [-0.1, -0.05) is 6.92 Å². The van der Waals surface area contributed by atoms with E-state index in [0.717, 1.165) is 24.5 Å². The lowest BCUT2D eigenvalue weighted by atomic mass is 10.2. The first-order chi connectivity index (χ1) is 11.1. The lowest BCUT2D eigenvalue weighted by Gasteiger charge is -2.17. The molecule has 0 amide bonds. The van der Waals surface area contributed by atoms with Crippen LogP contribution in [0.2, 0.25) is 0 Å². The van der Waals surface area contributed by atoms with E-state index in [4.69, 9.17) is 14.2 Å². The summed E-state index contributed by atoms with van der Waals surface area (Å²) in [7, 11) is 4.81. The lowest BCUT2D eigenvalue weighted by molar-refractivity contribution is 0.324. The predicted molar refractivity (Wildman–Crippen MR) is 93.8 cm³/mol. The molecule has 0 spiro atoms. The zero-order valence-corrected chi connectivity index (χ0v) is 15.0. The Kier molecular flexibility index (Phi) is 8.08. The zero-order valence-electron chi connectivity index (χ0n) is 15.0. The van der Waals surface area contributed by atoms with E-state index in [1.807, 2.05) is 19.1 Å². The van der Waals surface area contributed by atoms with Gasteiger partial charge in [0.1, 0.15) is 0 Å². The van der Waals surface area contributed by atoms with Gasteiger partial charge in [-0.05, 0) is 38.0 Å². The third kappa shape index (κ3) is 5.54. The number of nitrogens with one attached hydrogen (secondary N) is 2. The molecule has 0 bridgehead atoms. The molecule has 0 saturated carbocycles. The van der Waals surface area contributed by atoms with Crippen molar-refractivity contribution < 1.29 is 14.2 Å². The molecule has 0 fully saturated rings. The zero-order chi connectivity index (χ0) is 17.2. The van der Waals surface area contributed by atoms with Gasteiger partial charge in [-0.25, -0.2) is 4.99 Å². The minimum atomic E-state index is 0.368. The molecule has 23 heavy (non-hydrogen) atoms. The largest absolute Gasteiger partial charge is 0.493 e. The monoisotopic (exact) mass is 323 g/mol. The number of aliphatic imine (C=N–C) groups is 1. The Balaban J connectivity index is 2.99. The molecule has 0 saturated heterocycles. The summed E-state index contributed by atoms with van der Waals surface area (Å²) in [6, 6.07) is 4.20. The second-order valence-corrected chi connectivity index (χ2v) is 5.18. The molecule has 6 nitrogen and oxygen atoms in total. The van der Waals surface area contributed by atoms with Gasteiger partial charge in [0.25, 0.3) is 0 Å². The number of ether oxygens (including phenoxy) is 3. The fourth-order valence-electron chi connectivity index (χ4n) is 2.05. The highest BCUT2D eigenvalue weighted by Crippen LogP contribution is 2.38. The van der Waals surface area contributed by atoms with Crippen molar-refractivity contribution in [3.05, 3.63) is 17.7 Å². The smallest absolute Gasteiger partial charge is 0.203 e. The molecule has 1 unspecified atom stereocenters. The normalized spacial score (nSPS) is 12.5. The number of guanidine groups is 1. The Morgan fingerprint density at radius 1 is 1.09 bits per heavy atom. The van der Waals surface area contributed by atoms with E-state index in [1.54, 1.807) is 21.3 Å². The van der Waals surface area contributed by atoms with Crippen LogP contribution < -0.4 is 24.8 Å². The first kappa shape index (κ1) is 18.9. The van der Waals surface area contributed by atoms with Crippen molar-refractivity contribution in [2.75, 3.05) is 27.9 Å². The van der Waals surface area contributed by atoms with Crippen molar-refractivity contribution in [3.63, 3.8) is 0 Å². The van der Waals surface area contributed by atoms with Crippen molar-refractivity contribution in [2.24, 2.45) is 4.99 Å². The molecule has 1 aromatic carbocycles. The standard InChI is InChI=1S/C17H29N3O3/c1-7-12(3)20-17(18-8-2)19-11-13-9-14(21-4)16(23-6)15(10-13)22-5/h9-10,12H,7-8,11H2,1-6H3,(H2,18,19,20). The molecule has 1 atom stereocenters. The number of rotatable bonds is 8. The van der Waals surface area contributed by atoms with Gasteiger partial charge < -0.3 is 24.8 Å². The Hall–Kier alpha value is -2.11. The van der Waals surface area contributed by atoms with E-state index >= 15 is 0 Å². The molecular weight excluding hydrogens is 294 g/mol. The third-order valence-corrected chi connectivity index (χ3v) is 3.48. The van der Waals surface area contributed by atoms with Crippen LogP contribution in [-0.2, 0) is 6.54 Å². The van der Waals surface area contributed by atoms with Gasteiger partial charge in [0, 0.05) is 12.6 Å². The second kappa shape index (κ2) is 9.82. The summed E-state index contributed by atoms with van der Waals surface area (Å²) in [5.74, 6) is 2.66. The van der Waals surface area contributed by atoms with E-state index in [0.29, 0.717) is 29.8 Å². The maximum absolute atomic E-state index is 5.37. The molecule has 0 heterocycles. The summed E-state index contributed by atoms with van der Waals surface area (Å²) >= 11 is 0. The topological polar surface area (TPSA) is 64.1 Å². The van der Waals surface area contributed by atoms with Gasteiger partial charge in [-0.2, -0.15) is 0 Å². The molecule has 130 valence electrons. The fourth-order valence-corrected chi connectivity index (χ4v) is 2.05. The van der Waals surface area contributed by atoms with Crippen LogP contribution in [0.5, 0.6) is 17.2 Å². The van der Waals surface area contributed by atoms with E-state index < -0.39 is 0 Å². The Bertz CT molecular complexity index is 493. The van der Waals surface area contributed by atoms with E-state index in [2.05, 4.69) is 29.5 Å². The van der Waals surface area contributed by atoms with Crippen molar-refractivity contribution >= 4 is 5.96 Å². The van der Waals surface area contributed by atoms with Gasteiger partial charge in [-0.15, -0.1) is 0 Å². The molecule has 0 aliphatic rings. The van der Waals surface area contributed by atoms with Gasteiger partial charge in [0.15, 0.2) is 17.5 Å². The van der Waals surface area contributed by atoms with Crippen LogP contribution in [-0.4, -0.2) is 39.9 Å². The number of methoxy groups -OCH3 is 3. The molecule has 0 aliphatic heterocycles. The summed E-state index contributed by atoms with van der Waals surface area (Å²) in [6.07, 6.45) is 1.04. The average molecular weight is 323 g/mol. The highest BCUT2D eigenvalue weighted by atomic mass is 16.5. The maximum atomic E-state index is 5.37. The SMILES string of the molecule is CCNC(=NCc1cc(OC)c(OC)c(OC)c1)NC(C)CC. The second-order valence-electron chi connectivity index (χ2n) is 5.18. The number of hydrogen-bond acceptors (Lipinski definition) is 4. The number of benzene rings is 1. The van der Waals surface area contributed by atoms with Gasteiger partial charge in [0.05, 0.1) is 27.9 Å². The van der Waals surface area contributed by atoms with Crippen LogP contribution in [0.25, 0.3) is 0 Å². The van der Waals surface area contributed by atoms with Crippen LogP contribution in [0.4, 0.5) is 0 Å². The third-order valence-electron chi connectivity index (χ3n) is 3.48. The molecule has 6 heteroatoms. The van der Waals surface area contributed by atoms with Gasteiger partial charge in [-0.3, -0.25) is 0 Å². The first-order valence-corrected chi connectivity index (χ1v) is 7.93. The number of hydrogen-bond donors (Lipinski definition) is 2. The first-order valence-electron chi connectivity index (χ1n) is 7.93. The Morgan fingerprint density at radius 2 is 1.70 bits per heavy atom. The predicted octanol–water partition coefficient (Wildman–Crippen LogP) is 2.57.